The van der Waals surface area contributed by atoms with E-state index in [0.717, 1.165) is 11.1 Å². The van der Waals surface area contributed by atoms with Gasteiger partial charge in [-0.3, -0.25) is 14.4 Å². The van der Waals surface area contributed by atoms with Gasteiger partial charge < -0.3 is 9.64 Å². The van der Waals surface area contributed by atoms with Gasteiger partial charge >= 0.3 is 0 Å². The van der Waals surface area contributed by atoms with Crippen LogP contribution in [0.1, 0.15) is 33.2 Å². The van der Waals surface area contributed by atoms with E-state index in [-0.39, 0.29) is 10.5 Å². The molecule has 0 radical (unpaired) electrons. The third-order valence-electron chi connectivity index (χ3n) is 7.68. The molecule has 0 spiro atoms. The number of ether oxygens (including phenoxy) is 1. The van der Waals surface area contributed by atoms with Crippen LogP contribution in [-0.2, 0) is 16.6 Å². The third-order valence-corrected chi connectivity index (χ3v) is 9.72. The average Bonchev–Trinajstić information content (AvgIpc) is 3.04. The lowest BCUT2D eigenvalue weighted by Crippen LogP contribution is -2.49. The summed E-state index contributed by atoms with van der Waals surface area (Å²) in [5, 5.41) is 0.781. The first-order valence-corrected chi connectivity index (χ1v) is 16.4. The number of methoxy groups -OCH3 is 1. The van der Waals surface area contributed by atoms with Crippen molar-refractivity contribution < 1.29 is 17.9 Å². The highest BCUT2D eigenvalue weighted by Gasteiger charge is 2.42. The van der Waals surface area contributed by atoms with Gasteiger partial charge in [0.15, 0.2) is 0 Å². The molecule has 0 saturated carbocycles. The van der Waals surface area contributed by atoms with Gasteiger partial charge in [-0.2, -0.15) is 0 Å². The molecule has 0 bridgehead atoms. The quantitative estimate of drug-likeness (QED) is 0.181. The maximum absolute atomic E-state index is 14.6. The molecule has 228 valence electrons. The number of nitrogens with zero attached hydrogens (tertiary/aromatic N) is 2. The zero-order valence-corrected chi connectivity index (χ0v) is 26.8. The Morgan fingerprint density at radius 1 is 0.822 bits per heavy atom. The number of hydrogen-bond donors (Lipinski definition) is 1. The van der Waals surface area contributed by atoms with E-state index < -0.39 is 22.1 Å². The lowest BCUT2D eigenvalue weighted by molar-refractivity contribution is 0.0968. The zero-order chi connectivity index (χ0) is 31.7. The van der Waals surface area contributed by atoms with Crippen molar-refractivity contribution in [2.24, 2.45) is 0 Å². The molecule has 1 N–H and O–H groups in total. The number of aryl methyl sites for hydroxylation is 1. The molecule has 1 heterocycles. The number of halogens is 2. The molecule has 0 fully saturated rings. The molecule has 1 amide bonds. The summed E-state index contributed by atoms with van der Waals surface area (Å²) in [7, 11) is -2.46. The SMILES string of the molecule is COc1ccc(N2C(=O)c3cc(S(=O)(=O)Nc4ccc(C)cc4)ccc3N(Cc3ccccc3)[C@H]2c2c(Cl)cccc2Cl)cc1. The minimum Gasteiger partial charge on any atom is -0.497 e. The Labute approximate surface area is 272 Å². The van der Waals surface area contributed by atoms with E-state index in [1.807, 2.05) is 54.3 Å². The van der Waals surface area contributed by atoms with Crippen LogP contribution in [-0.4, -0.2) is 21.4 Å². The van der Waals surface area contributed by atoms with Crippen molar-refractivity contribution in [1.82, 2.24) is 0 Å². The second-order valence-corrected chi connectivity index (χ2v) is 13.1. The molecule has 6 rings (SSSR count). The Kier molecular flexibility index (Phi) is 8.46. The fraction of sp³-hybridized carbons (Fsp3) is 0.114. The monoisotopic (exact) mass is 657 g/mol. The number of amides is 1. The van der Waals surface area contributed by atoms with Crippen molar-refractivity contribution in [2.75, 3.05) is 21.6 Å². The minimum atomic E-state index is -4.03. The summed E-state index contributed by atoms with van der Waals surface area (Å²) in [5.41, 5.74) is 4.25. The predicted octanol–water partition coefficient (Wildman–Crippen LogP) is 8.48. The summed E-state index contributed by atoms with van der Waals surface area (Å²) in [5.74, 6) is 0.209. The fourth-order valence-electron chi connectivity index (χ4n) is 5.45. The molecule has 0 unspecified atom stereocenters. The second-order valence-electron chi connectivity index (χ2n) is 10.6. The van der Waals surface area contributed by atoms with Gasteiger partial charge in [0.1, 0.15) is 11.9 Å². The second kappa shape index (κ2) is 12.5. The highest BCUT2D eigenvalue weighted by atomic mass is 35.5. The summed E-state index contributed by atoms with van der Waals surface area (Å²) in [6.45, 7) is 2.29. The molecule has 0 saturated heterocycles. The van der Waals surface area contributed by atoms with Gasteiger partial charge in [-0.25, -0.2) is 8.42 Å². The van der Waals surface area contributed by atoms with Crippen LogP contribution in [0.2, 0.25) is 10.0 Å². The van der Waals surface area contributed by atoms with Crippen LogP contribution in [0.4, 0.5) is 17.1 Å². The highest BCUT2D eigenvalue weighted by Crippen LogP contribution is 2.46. The topological polar surface area (TPSA) is 78.9 Å². The molecule has 0 aromatic heterocycles. The van der Waals surface area contributed by atoms with Gasteiger partial charge in [-0.05, 0) is 79.2 Å². The average molecular weight is 659 g/mol. The normalized spacial score (nSPS) is 14.7. The predicted molar refractivity (Wildman–Crippen MR) is 180 cm³/mol. The largest absolute Gasteiger partial charge is 0.497 e. The van der Waals surface area contributed by atoms with E-state index in [1.165, 1.54) is 12.1 Å². The summed E-state index contributed by atoms with van der Waals surface area (Å²) >= 11 is 13.6. The number of anilines is 3. The first kappa shape index (κ1) is 30.5. The molecular weight excluding hydrogens is 629 g/mol. The van der Waals surface area contributed by atoms with Gasteiger partial charge in [0.2, 0.25) is 0 Å². The molecule has 7 nitrogen and oxygen atoms in total. The molecule has 1 aliphatic rings. The lowest BCUT2D eigenvalue weighted by Gasteiger charge is -2.46. The molecule has 1 aliphatic heterocycles. The highest BCUT2D eigenvalue weighted by molar-refractivity contribution is 7.92. The van der Waals surface area contributed by atoms with Crippen molar-refractivity contribution in [1.29, 1.82) is 0 Å². The van der Waals surface area contributed by atoms with Gasteiger partial charge in [0.25, 0.3) is 15.9 Å². The molecule has 45 heavy (non-hydrogen) atoms. The molecule has 10 heteroatoms. The Bertz CT molecular complexity index is 1950. The van der Waals surface area contributed by atoms with Gasteiger partial charge in [-0.15, -0.1) is 0 Å². The van der Waals surface area contributed by atoms with Gasteiger partial charge in [-0.1, -0.05) is 77.3 Å². The Hall–Kier alpha value is -4.50. The standard InChI is InChI=1S/C35H29Cl2N3O4S/c1-23-11-13-25(14-12-23)38-45(42,43)28-19-20-32-29(21-28)35(41)40(26-15-17-27(44-2)18-16-26)34(33-30(36)9-6-10-31(33)37)39(32)22-24-7-4-3-5-8-24/h3-21,34,38H,22H2,1-2H3/t34-/m1/s1. The molecule has 0 aliphatic carbocycles. The zero-order valence-electron chi connectivity index (χ0n) is 24.4. The number of carbonyl (C=O) groups excluding carboxylic acids is 1. The van der Waals surface area contributed by atoms with E-state index >= 15 is 0 Å². The van der Waals surface area contributed by atoms with E-state index in [9.17, 15) is 13.2 Å². The van der Waals surface area contributed by atoms with Crippen molar-refractivity contribution >= 4 is 56.2 Å². The first-order valence-electron chi connectivity index (χ1n) is 14.1. The van der Waals surface area contributed by atoms with E-state index in [1.54, 1.807) is 72.7 Å². The van der Waals surface area contributed by atoms with Crippen LogP contribution in [0.25, 0.3) is 0 Å². The molecule has 5 aromatic carbocycles. The maximum atomic E-state index is 14.6. The number of nitrogens with one attached hydrogen (secondary N) is 1. The van der Waals surface area contributed by atoms with E-state index in [2.05, 4.69) is 4.72 Å². The van der Waals surface area contributed by atoms with E-state index in [4.69, 9.17) is 27.9 Å². The number of benzene rings is 5. The summed E-state index contributed by atoms with van der Waals surface area (Å²) < 4.78 is 35.1. The van der Waals surface area contributed by atoms with Crippen LogP contribution < -0.4 is 19.3 Å². The first-order chi connectivity index (χ1) is 21.7. The van der Waals surface area contributed by atoms with Crippen molar-refractivity contribution in [3.05, 3.63) is 148 Å². The van der Waals surface area contributed by atoms with Gasteiger partial charge in [0, 0.05) is 33.5 Å². The van der Waals surface area contributed by atoms with E-state index in [0.29, 0.717) is 45.0 Å². The van der Waals surface area contributed by atoms with Crippen molar-refractivity contribution in [3.63, 3.8) is 0 Å². The Balaban J connectivity index is 1.55. The Morgan fingerprint density at radius 2 is 1.49 bits per heavy atom. The molecule has 5 aromatic rings. The van der Waals surface area contributed by atoms with Crippen LogP contribution >= 0.6 is 23.2 Å². The maximum Gasteiger partial charge on any atom is 0.262 e. The summed E-state index contributed by atoms with van der Waals surface area (Å²) in [6.07, 6.45) is -0.770. The van der Waals surface area contributed by atoms with Crippen molar-refractivity contribution in [2.45, 2.75) is 24.5 Å². The number of hydrogen-bond acceptors (Lipinski definition) is 5. The molecular formula is C35H29Cl2N3O4S. The lowest BCUT2D eigenvalue weighted by atomic mass is 9.99. The smallest absolute Gasteiger partial charge is 0.262 e. The number of carbonyl (C=O) groups is 1. The molecule has 1 atom stereocenters. The van der Waals surface area contributed by atoms with Crippen LogP contribution in [0.3, 0.4) is 0 Å². The van der Waals surface area contributed by atoms with Gasteiger partial charge in [0.05, 0.1) is 23.3 Å². The number of rotatable bonds is 8. The Morgan fingerprint density at radius 3 is 2.13 bits per heavy atom. The van der Waals surface area contributed by atoms with Crippen LogP contribution in [0.5, 0.6) is 5.75 Å². The van der Waals surface area contributed by atoms with Crippen LogP contribution in [0, 0.1) is 6.92 Å². The summed E-state index contributed by atoms with van der Waals surface area (Å²) in [4.78, 5) is 18.2. The fourth-order valence-corrected chi connectivity index (χ4v) is 7.12. The van der Waals surface area contributed by atoms with Crippen molar-refractivity contribution in [3.8, 4) is 5.75 Å². The third kappa shape index (κ3) is 6.09. The number of sulfonamides is 1. The minimum absolute atomic E-state index is 0.0428. The number of fused-ring (bicyclic) bond motifs is 1. The van der Waals surface area contributed by atoms with Crippen LogP contribution in [0.15, 0.2) is 120 Å². The summed E-state index contributed by atoms with van der Waals surface area (Å²) in [6, 6.07) is 33.7.